The van der Waals surface area contributed by atoms with Crippen molar-refractivity contribution in [2.75, 3.05) is 12.4 Å². The van der Waals surface area contributed by atoms with E-state index in [9.17, 15) is 4.79 Å². The van der Waals surface area contributed by atoms with Gasteiger partial charge < -0.3 is 4.74 Å². The van der Waals surface area contributed by atoms with Crippen LogP contribution in [-0.2, 0) is 4.74 Å². The van der Waals surface area contributed by atoms with Crippen molar-refractivity contribution in [3.8, 4) is 11.1 Å². The van der Waals surface area contributed by atoms with Gasteiger partial charge in [0.2, 0.25) is 0 Å². The average molecular weight is 228 g/mol. The largest absolute Gasteiger partial charge is 0.453 e. The molecule has 0 saturated heterocycles. The van der Waals surface area contributed by atoms with Crippen molar-refractivity contribution in [3.63, 3.8) is 0 Å². The van der Waals surface area contributed by atoms with Crippen LogP contribution in [0, 0.1) is 0 Å². The Balaban J connectivity index is 2.26. The van der Waals surface area contributed by atoms with Gasteiger partial charge in [-0.3, -0.25) is 10.3 Å². The molecule has 1 N–H and O–H groups in total. The third-order valence-electron chi connectivity index (χ3n) is 2.28. The van der Waals surface area contributed by atoms with E-state index < -0.39 is 6.09 Å². The van der Waals surface area contributed by atoms with E-state index in [2.05, 4.69) is 15.0 Å². The van der Waals surface area contributed by atoms with Crippen molar-refractivity contribution in [1.82, 2.24) is 4.98 Å². The van der Waals surface area contributed by atoms with E-state index in [0.29, 0.717) is 5.69 Å². The van der Waals surface area contributed by atoms with Crippen LogP contribution >= 0.6 is 0 Å². The van der Waals surface area contributed by atoms with Gasteiger partial charge in [-0.2, -0.15) is 0 Å². The summed E-state index contributed by atoms with van der Waals surface area (Å²) in [6, 6.07) is 11.7. The highest BCUT2D eigenvalue weighted by Gasteiger charge is 2.03. The van der Waals surface area contributed by atoms with Gasteiger partial charge in [0.05, 0.1) is 19.0 Å². The molecule has 4 heteroatoms. The number of hydrogen-bond donors (Lipinski definition) is 1. The first-order valence-corrected chi connectivity index (χ1v) is 5.15. The number of methoxy groups -OCH3 is 1. The first-order chi connectivity index (χ1) is 8.29. The van der Waals surface area contributed by atoms with E-state index in [-0.39, 0.29) is 0 Å². The van der Waals surface area contributed by atoms with Gasteiger partial charge in [0.1, 0.15) is 0 Å². The molecular weight excluding hydrogens is 216 g/mol. The van der Waals surface area contributed by atoms with Crippen LogP contribution in [0.2, 0.25) is 0 Å². The summed E-state index contributed by atoms with van der Waals surface area (Å²) in [5.41, 5.74) is 2.60. The van der Waals surface area contributed by atoms with Crippen molar-refractivity contribution >= 4 is 11.8 Å². The molecule has 17 heavy (non-hydrogen) atoms. The number of nitrogens with zero attached hydrogens (tertiary/aromatic N) is 1. The minimum absolute atomic E-state index is 0.503. The minimum Gasteiger partial charge on any atom is -0.453 e. The minimum atomic E-state index is -0.503. The second-order valence-electron chi connectivity index (χ2n) is 3.44. The molecule has 1 aromatic carbocycles. The van der Waals surface area contributed by atoms with Crippen LogP contribution in [0.15, 0.2) is 48.8 Å². The predicted molar refractivity (Wildman–Crippen MR) is 65.7 cm³/mol. The number of ether oxygens (including phenoxy) is 1. The molecule has 0 fully saturated rings. The van der Waals surface area contributed by atoms with Crippen molar-refractivity contribution in [3.05, 3.63) is 48.8 Å². The van der Waals surface area contributed by atoms with Gasteiger partial charge in [0.25, 0.3) is 0 Å². The maximum Gasteiger partial charge on any atom is 0.411 e. The molecule has 0 bridgehead atoms. The van der Waals surface area contributed by atoms with Gasteiger partial charge in [-0.05, 0) is 11.6 Å². The highest BCUT2D eigenvalue weighted by atomic mass is 16.5. The van der Waals surface area contributed by atoms with Gasteiger partial charge in [-0.25, -0.2) is 4.79 Å². The van der Waals surface area contributed by atoms with E-state index in [1.54, 1.807) is 12.4 Å². The Bertz CT molecular complexity index is 512. The maximum atomic E-state index is 11.1. The molecule has 0 aliphatic heterocycles. The highest BCUT2D eigenvalue weighted by Crippen LogP contribution is 2.20. The number of anilines is 1. The van der Waals surface area contributed by atoms with Gasteiger partial charge in [0, 0.05) is 11.8 Å². The second-order valence-corrected chi connectivity index (χ2v) is 3.44. The Hall–Kier alpha value is -2.36. The molecule has 1 heterocycles. The maximum absolute atomic E-state index is 11.1. The Labute approximate surface area is 99.3 Å². The van der Waals surface area contributed by atoms with E-state index in [1.165, 1.54) is 7.11 Å². The summed E-state index contributed by atoms with van der Waals surface area (Å²) >= 11 is 0. The fourth-order valence-corrected chi connectivity index (χ4v) is 1.47. The number of carbonyl (C=O) groups excluding carboxylic acids is 1. The standard InChI is InChI=1S/C13H12N2O2/c1-17-13(16)15-12-7-11(8-14-9-12)10-5-3-2-4-6-10/h2-9H,1H3,(H,15,16). The first kappa shape index (κ1) is 11.1. The van der Waals surface area contributed by atoms with Gasteiger partial charge >= 0.3 is 6.09 Å². The average Bonchev–Trinajstić information content (AvgIpc) is 2.40. The molecule has 1 amide bonds. The van der Waals surface area contributed by atoms with Gasteiger partial charge in [-0.1, -0.05) is 30.3 Å². The summed E-state index contributed by atoms with van der Waals surface area (Å²) in [6.07, 6.45) is 2.82. The molecule has 0 aliphatic rings. The molecule has 86 valence electrons. The van der Waals surface area contributed by atoms with Crippen molar-refractivity contribution in [2.45, 2.75) is 0 Å². The summed E-state index contributed by atoms with van der Waals surface area (Å²) < 4.78 is 4.52. The van der Waals surface area contributed by atoms with E-state index in [0.717, 1.165) is 11.1 Å². The van der Waals surface area contributed by atoms with Gasteiger partial charge in [-0.15, -0.1) is 0 Å². The molecule has 0 saturated carbocycles. The molecule has 0 atom stereocenters. The van der Waals surface area contributed by atoms with Crippen LogP contribution in [-0.4, -0.2) is 18.2 Å². The zero-order valence-electron chi connectivity index (χ0n) is 9.38. The van der Waals surface area contributed by atoms with Crippen LogP contribution in [0.25, 0.3) is 11.1 Å². The zero-order chi connectivity index (χ0) is 12.1. The molecule has 4 nitrogen and oxygen atoms in total. The molecule has 2 rings (SSSR count). The molecular formula is C13H12N2O2. The monoisotopic (exact) mass is 228 g/mol. The van der Waals surface area contributed by atoms with Crippen LogP contribution in [0.5, 0.6) is 0 Å². The fraction of sp³-hybridized carbons (Fsp3) is 0.0769. The number of aromatic nitrogens is 1. The number of benzene rings is 1. The van der Waals surface area contributed by atoms with Gasteiger partial charge in [0.15, 0.2) is 0 Å². The van der Waals surface area contributed by atoms with Crippen LogP contribution in [0.3, 0.4) is 0 Å². The lowest BCUT2D eigenvalue weighted by Gasteiger charge is -2.05. The normalized spacial score (nSPS) is 9.71. The Morgan fingerprint density at radius 1 is 1.18 bits per heavy atom. The fourth-order valence-electron chi connectivity index (χ4n) is 1.47. The Kier molecular flexibility index (Phi) is 3.35. The summed E-state index contributed by atoms with van der Waals surface area (Å²) in [5, 5.41) is 2.58. The molecule has 2 aromatic rings. The molecule has 1 aromatic heterocycles. The highest BCUT2D eigenvalue weighted by molar-refractivity contribution is 5.85. The van der Waals surface area contributed by atoms with E-state index >= 15 is 0 Å². The summed E-state index contributed by atoms with van der Waals surface area (Å²) in [5.74, 6) is 0. The Morgan fingerprint density at radius 2 is 1.94 bits per heavy atom. The molecule has 0 spiro atoms. The number of rotatable bonds is 2. The zero-order valence-corrected chi connectivity index (χ0v) is 9.38. The number of amides is 1. The lowest BCUT2D eigenvalue weighted by Crippen LogP contribution is -2.11. The SMILES string of the molecule is COC(=O)Nc1cncc(-c2ccccc2)c1. The molecule has 0 radical (unpaired) electrons. The van der Waals surface area contributed by atoms with E-state index in [4.69, 9.17) is 0 Å². The smallest absolute Gasteiger partial charge is 0.411 e. The first-order valence-electron chi connectivity index (χ1n) is 5.15. The second kappa shape index (κ2) is 5.12. The summed E-state index contributed by atoms with van der Waals surface area (Å²) in [7, 11) is 1.32. The molecule has 0 aliphatic carbocycles. The predicted octanol–water partition coefficient (Wildman–Crippen LogP) is 2.93. The lowest BCUT2D eigenvalue weighted by atomic mass is 10.1. The third-order valence-corrected chi connectivity index (χ3v) is 2.28. The van der Waals surface area contributed by atoms with Crippen molar-refractivity contribution in [1.29, 1.82) is 0 Å². The summed E-state index contributed by atoms with van der Waals surface area (Å²) in [4.78, 5) is 15.1. The number of carbonyl (C=O) groups is 1. The quantitative estimate of drug-likeness (QED) is 0.859. The number of pyridine rings is 1. The Morgan fingerprint density at radius 3 is 2.65 bits per heavy atom. The molecule has 0 unspecified atom stereocenters. The number of hydrogen-bond acceptors (Lipinski definition) is 3. The third kappa shape index (κ3) is 2.81. The van der Waals surface area contributed by atoms with Crippen molar-refractivity contribution in [2.24, 2.45) is 0 Å². The number of nitrogens with one attached hydrogen (secondary N) is 1. The van der Waals surface area contributed by atoms with Crippen LogP contribution < -0.4 is 5.32 Å². The van der Waals surface area contributed by atoms with E-state index in [1.807, 2.05) is 36.4 Å². The topological polar surface area (TPSA) is 51.2 Å². The van der Waals surface area contributed by atoms with Crippen molar-refractivity contribution < 1.29 is 9.53 Å². The van der Waals surface area contributed by atoms with Crippen LogP contribution in [0.4, 0.5) is 10.5 Å². The lowest BCUT2D eigenvalue weighted by molar-refractivity contribution is 0.187. The van der Waals surface area contributed by atoms with Crippen LogP contribution in [0.1, 0.15) is 0 Å². The summed E-state index contributed by atoms with van der Waals surface area (Å²) in [6.45, 7) is 0.